The lowest BCUT2D eigenvalue weighted by atomic mass is 9.89. The molecule has 3 rings (SSSR count). The van der Waals surface area contributed by atoms with Crippen molar-refractivity contribution in [1.82, 2.24) is 9.66 Å². The number of nitrogens with two attached hydrogens (primary N) is 2. The molecule has 0 spiro atoms. The van der Waals surface area contributed by atoms with Gasteiger partial charge in [-0.3, -0.25) is 0 Å². The van der Waals surface area contributed by atoms with Gasteiger partial charge in [0.1, 0.15) is 17.3 Å². The minimum Gasteiger partial charge on any atom is -0.382 e. The van der Waals surface area contributed by atoms with Crippen LogP contribution in [-0.4, -0.2) is 9.66 Å². The van der Waals surface area contributed by atoms with Crippen LogP contribution >= 0.6 is 15.9 Å². The average molecular weight is 353 g/mol. The van der Waals surface area contributed by atoms with Gasteiger partial charge in [-0.15, -0.1) is 0 Å². The summed E-state index contributed by atoms with van der Waals surface area (Å²) in [6, 6.07) is 4.86. The van der Waals surface area contributed by atoms with Crippen LogP contribution in [0.3, 0.4) is 0 Å². The van der Waals surface area contributed by atoms with Gasteiger partial charge in [-0.1, -0.05) is 25.3 Å². The normalized spacial score (nSPS) is 16.3. The molecule has 0 unspecified atom stereocenters. The van der Waals surface area contributed by atoms with Crippen molar-refractivity contribution in [3.8, 4) is 11.3 Å². The zero-order valence-electron chi connectivity index (χ0n) is 11.6. The van der Waals surface area contributed by atoms with Crippen molar-refractivity contribution in [2.45, 2.75) is 38.0 Å². The van der Waals surface area contributed by atoms with Crippen molar-refractivity contribution >= 4 is 21.7 Å². The Morgan fingerprint density at radius 3 is 2.62 bits per heavy atom. The molecule has 0 bridgehead atoms. The van der Waals surface area contributed by atoms with Crippen molar-refractivity contribution < 1.29 is 4.39 Å². The molecule has 4 nitrogen and oxygen atoms in total. The fraction of sp³-hybridized carbons (Fsp3) is 0.400. The molecule has 6 heteroatoms. The summed E-state index contributed by atoms with van der Waals surface area (Å²) in [5.41, 5.74) is 7.28. The second kappa shape index (κ2) is 5.67. The van der Waals surface area contributed by atoms with E-state index in [0.29, 0.717) is 27.5 Å². The third-order valence-corrected chi connectivity index (χ3v) is 4.78. The zero-order chi connectivity index (χ0) is 15.0. The number of hydrogen-bond acceptors (Lipinski definition) is 3. The van der Waals surface area contributed by atoms with Crippen molar-refractivity contribution in [3.63, 3.8) is 0 Å². The summed E-state index contributed by atoms with van der Waals surface area (Å²) in [5, 5.41) is 0. The fourth-order valence-corrected chi connectivity index (χ4v) is 3.21. The van der Waals surface area contributed by atoms with E-state index in [4.69, 9.17) is 11.6 Å². The highest BCUT2D eigenvalue weighted by atomic mass is 79.9. The smallest absolute Gasteiger partial charge is 0.150 e. The fourth-order valence-electron chi connectivity index (χ4n) is 2.97. The summed E-state index contributed by atoms with van der Waals surface area (Å²) in [5.74, 6) is 7.27. The molecule has 1 aliphatic carbocycles. The Bertz CT molecular complexity index is 662. The Morgan fingerprint density at radius 2 is 1.95 bits per heavy atom. The highest BCUT2D eigenvalue weighted by molar-refractivity contribution is 9.10. The molecule has 0 saturated heterocycles. The quantitative estimate of drug-likeness (QED) is 0.807. The first-order valence-corrected chi connectivity index (χ1v) is 7.96. The Balaban J connectivity index is 2.01. The standard InChI is InChI=1S/C15H18BrFN4/c16-11-7-6-10(8-12(11)17)13-14(18)21(19)15(20-13)9-4-2-1-3-5-9/h6-9H,1-5,18-19H2. The highest BCUT2D eigenvalue weighted by Crippen LogP contribution is 2.35. The average Bonchev–Trinajstić information content (AvgIpc) is 2.79. The molecule has 112 valence electrons. The van der Waals surface area contributed by atoms with Gasteiger partial charge in [0.05, 0.1) is 4.47 Å². The van der Waals surface area contributed by atoms with Crippen molar-refractivity contribution in [3.05, 3.63) is 34.3 Å². The lowest BCUT2D eigenvalue weighted by molar-refractivity contribution is 0.424. The highest BCUT2D eigenvalue weighted by Gasteiger charge is 2.24. The number of nitrogens with zero attached hydrogens (tertiary/aromatic N) is 2. The third-order valence-electron chi connectivity index (χ3n) is 4.14. The lowest BCUT2D eigenvalue weighted by Crippen LogP contribution is -2.19. The van der Waals surface area contributed by atoms with E-state index in [0.717, 1.165) is 18.7 Å². The SMILES string of the molecule is Nc1c(-c2ccc(Br)c(F)c2)nc(C2CCCCC2)n1N. The maximum atomic E-state index is 13.7. The first kappa shape index (κ1) is 14.4. The summed E-state index contributed by atoms with van der Waals surface area (Å²) in [6.45, 7) is 0. The van der Waals surface area contributed by atoms with Crippen LogP contribution in [0, 0.1) is 5.82 Å². The summed E-state index contributed by atoms with van der Waals surface area (Å²) >= 11 is 3.15. The van der Waals surface area contributed by atoms with E-state index in [1.54, 1.807) is 12.1 Å². The van der Waals surface area contributed by atoms with Gasteiger partial charge < -0.3 is 11.6 Å². The van der Waals surface area contributed by atoms with Crippen LogP contribution in [0.2, 0.25) is 0 Å². The Morgan fingerprint density at radius 1 is 1.24 bits per heavy atom. The van der Waals surface area contributed by atoms with Gasteiger partial charge in [0, 0.05) is 11.5 Å². The number of hydrogen-bond donors (Lipinski definition) is 2. The van der Waals surface area contributed by atoms with E-state index in [2.05, 4.69) is 20.9 Å². The predicted molar refractivity (Wildman–Crippen MR) is 85.7 cm³/mol. The van der Waals surface area contributed by atoms with Crippen LogP contribution in [0.1, 0.15) is 43.8 Å². The Labute approximate surface area is 131 Å². The summed E-state index contributed by atoms with van der Waals surface area (Å²) in [6.07, 6.45) is 5.82. The van der Waals surface area contributed by atoms with E-state index >= 15 is 0 Å². The number of anilines is 1. The van der Waals surface area contributed by atoms with Crippen LogP contribution < -0.4 is 11.6 Å². The first-order chi connectivity index (χ1) is 10.1. The van der Waals surface area contributed by atoms with Gasteiger partial charge in [-0.2, -0.15) is 0 Å². The molecule has 1 aliphatic rings. The Kier molecular flexibility index (Phi) is 3.89. The third kappa shape index (κ3) is 2.64. The van der Waals surface area contributed by atoms with Crippen molar-refractivity contribution in [2.24, 2.45) is 0 Å². The molecule has 1 aromatic carbocycles. The number of rotatable bonds is 2. The molecule has 1 aromatic heterocycles. The molecule has 21 heavy (non-hydrogen) atoms. The molecule has 1 fully saturated rings. The molecule has 0 aliphatic heterocycles. The number of imidazole rings is 1. The van der Waals surface area contributed by atoms with Gasteiger partial charge in [-0.25, -0.2) is 14.1 Å². The maximum Gasteiger partial charge on any atom is 0.150 e. The summed E-state index contributed by atoms with van der Waals surface area (Å²) in [4.78, 5) is 4.61. The Hall–Kier alpha value is -1.56. The number of nitrogen functional groups attached to an aromatic ring is 2. The molecule has 0 amide bonds. The minimum atomic E-state index is -0.335. The van der Waals surface area contributed by atoms with Gasteiger partial charge in [-0.05, 0) is 40.9 Å². The van der Waals surface area contributed by atoms with E-state index in [1.165, 1.54) is 30.0 Å². The molecule has 0 radical (unpaired) electrons. The molecular formula is C15H18BrFN4. The molecule has 2 aromatic rings. The lowest BCUT2D eigenvalue weighted by Gasteiger charge is -2.20. The van der Waals surface area contributed by atoms with Crippen LogP contribution in [0.5, 0.6) is 0 Å². The van der Waals surface area contributed by atoms with Crippen molar-refractivity contribution in [2.75, 3.05) is 11.6 Å². The number of benzene rings is 1. The second-order valence-electron chi connectivity index (χ2n) is 5.54. The predicted octanol–water partition coefficient (Wildman–Crippen LogP) is 3.80. The van der Waals surface area contributed by atoms with E-state index in [9.17, 15) is 4.39 Å². The number of halogens is 2. The molecule has 0 atom stereocenters. The monoisotopic (exact) mass is 352 g/mol. The maximum absolute atomic E-state index is 13.7. The van der Waals surface area contributed by atoms with E-state index in [-0.39, 0.29) is 5.82 Å². The minimum absolute atomic E-state index is 0.335. The van der Waals surface area contributed by atoms with Gasteiger partial charge >= 0.3 is 0 Å². The second-order valence-corrected chi connectivity index (χ2v) is 6.39. The summed E-state index contributed by atoms with van der Waals surface area (Å²) in [7, 11) is 0. The van der Waals surface area contributed by atoms with E-state index in [1.807, 2.05) is 0 Å². The first-order valence-electron chi connectivity index (χ1n) is 7.16. The van der Waals surface area contributed by atoms with Crippen LogP contribution in [0.15, 0.2) is 22.7 Å². The van der Waals surface area contributed by atoms with E-state index < -0.39 is 0 Å². The molecule has 1 heterocycles. The van der Waals surface area contributed by atoms with Crippen molar-refractivity contribution in [1.29, 1.82) is 0 Å². The van der Waals surface area contributed by atoms with Crippen LogP contribution in [0.4, 0.5) is 10.2 Å². The topological polar surface area (TPSA) is 69.9 Å². The molecule has 4 N–H and O–H groups in total. The van der Waals surface area contributed by atoms with Crippen LogP contribution in [0.25, 0.3) is 11.3 Å². The van der Waals surface area contributed by atoms with Gasteiger partial charge in [0.25, 0.3) is 0 Å². The van der Waals surface area contributed by atoms with Gasteiger partial charge in [0.2, 0.25) is 0 Å². The molecule has 1 saturated carbocycles. The largest absolute Gasteiger partial charge is 0.382 e. The summed E-state index contributed by atoms with van der Waals surface area (Å²) < 4.78 is 15.6. The molecular weight excluding hydrogens is 335 g/mol. The number of aromatic nitrogens is 2. The van der Waals surface area contributed by atoms with Crippen LogP contribution in [-0.2, 0) is 0 Å². The zero-order valence-corrected chi connectivity index (χ0v) is 13.2. The van der Waals surface area contributed by atoms with Gasteiger partial charge in [0.15, 0.2) is 5.82 Å².